The molecule has 1 N–H and O–H groups in total. The fraction of sp³-hybridized carbons (Fsp3) is 0.364. The van der Waals surface area contributed by atoms with E-state index in [1.54, 1.807) is 0 Å². The van der Waals surface area contributed by atoms with E-state index in [0.717, 1.165) is 0 Å². The van der Waals surface area contributed by atoms with Gasteiger partial charge in [-0.3, -0.25) is 4.79 Å². The van der Waals surface area contributed by atoms with Crippen LogP contribution < -0.4 is 5.32 Å². The highest BCUT2D eigenvalue weighted by molar-refractivity contribution is 5.76. The van der Waals surface area contributed by atoms with Gasteiger partial charge in [-0.1, -0.05) is 0 Å². The Morgan fingerprint density at radius 3 is 2.50 bits per heavy atom. The van der Waals surface area contributed by atoms with Crippen molar-refractivity contribution in [1.29, 1.82) is 0 Å². The first-order valence-electron chi connectivity index (χ1n) is 5.22. The molecule has 1 aromatic rings. The van der Waals surface area contributed by atoms with Crippen LogP contribution in [0.15, 0.2) is 6.07 Å². The van der Waals surface area contributed by atoms with Crippen LogP contribution in [0.25, 0.3) is 0 Å². The van der Waals surface area contributed by atoms with E-state index in [9.17, 15) is 22.4 Å². The Morgan fingerprint density at radius 2 is 1.94 bits per heavy atom. The second-order valence-electron chi connectivity index (χ2n) is 3.86. The van der Waals surface area contributed by atoms with Gasteiger partial charge in [-0.05, 0) is 19.0 Å². The molecule has 1 aliphatic heterocycles. The summed E-state index contributed by atoms with van der Waals surface area (Å²) in [7, 11) is 0. The summed E-state index contributed by atoms with van der Waals surface area (Å²) in [5.74, 6) is -7.51. The molecule has 1 unspecified atom stereocenters. The number of carbonyl (C=O) groups excluding carboxylic acids is 1. The summed E-state index contributed by atoms with van der Waals surface area (Å²) in [6.07, 6.45) is 0.591. The highest BCUT2D eigenvalue weighted by Gasteiger charge is 2.27. The number of hydrogen-bond acceptors (Lipinski definition) is 3. The lowest BCUT2D eigenvalue weighted by molar-refractivity contribution is -0.149. The van der Waals surface area contributed by atoms with Crippen LogP contribution >= 0.6 is 0 Å². The number of halogens is 4. The molecule has 0 radical (unpaired) electrons. The number of esters is 1. The fourth-order valence-corrected chi connectivity index (χ4v) is 1.47. The van der Waals surface area contributed by atoms with Gasteiger partial charge in [0.05, 0.1) is 0 Å². The third-order valence-electron chi connectivity index (χ3n) is 2.66. The SMILES string of the molecule is O=C(OCc1cc(F)c(F)c(F)c1F)C1CCN1. The minimum atomic E-state index is -1.91. The minimum Gasteiger partial charge on any atom is -0.460 e. The zero-order chi connectivity index (χ0) is 13.3. The topological polar surface area (TPSA) is 38.3 Å². The Kier molecular flexibility index (Phi) is 3.51. The maximum absolute atomic E-state index is 13.2. The van der Waals surface area contributed by atoms with E-state index in [2.05, 4.69) is 10.1 Å². The number of rotatable bonds is 3. The third kappa shape index (κ3) is 2.31. The van der Waals surface area contributed by atoms with E-state index >= 15 is 0 Å². The van der Waals surface area contributed by atoms with E-state index in [4.69, 9.17) is 0 Å². The smallest absolute Gasteiger partial charge is 0.323 e. The fourth-order valence-electron chi connectivity index (χ4n) is 1.47. The van der Waals surface area contributed by atoms with Gasteiger partial charge < -0.3 is 10.1 Å². The lowest BCUT2D eigenvalue weighted by atomic mass is 10.1. The molecule has 0 amide bonds. The first kappa shape index (κ1) is 12.8. The van der Waals surface area contributed by atoms with Crippen molar-refractivity contribution >= 4 is 5.97 Å². The molecule has 98 valence electrons. The van der Waals surface area contributed by atoms with E-state index in [1.165, 1.54) is 0 Å². The molecule has 1 saturated heterocycles. The van der Waals surface area contributed by atoms with Crippen molar-refractivity contribution in [3.8, 4) is 0 Å². The summed E-state index contributed by atoms with van der Waals surface area (Å²) in [6.45, 7) is 0.0326. The average Bonchev–Trinajstić information content (AvgIpc) is 2.27. The number of carbonyl (C=O) groups is 1. The Balaban J connectivity index is 2.07. The maximum atomic E-state index is 13.2. The van der Waals surface area contributed by atoms with Crippen LogP contribution in [-0.2, 0) is 16.1 Å². The molecule has 0 spiro atoms. The average molecular weight is 263 g/mol. The van der Waals surface area contributed by atoms with Gasteiger partial charge >= 0.3 is 5.97 Å². The van der Waals surface area contributed by atoms with Crippen LogP contribution in [0.1, 0.15) is 12.0 Å². The molecular weight excluding hydrogens is 254 g/mol. The Bertz CT molecular complexity index is 488. The first-order valence-corrected chi connectivity index (χ1v) is 5.22. The Labute approximate surface area is 99.7 Å². The second-order valence-corrected chi connectivity index (χ2v) is 3.86. The van der Waals surface area contributed by atoms with Crippen molar-refractivity contribution in [2.24, 2.45) is 0 Å². The predicted octanol–water partition coefficient (Wildman–Crippen LogP) is 1.65. The van der Waals surface area contributed by atoms with Crippen LogP contribution in [0.3, 0.4) is 0 Å². The summed E-state index contributed by atoms with van der Waals surface area (Å²) in [5.41, 5.74) is -0.543. The summed E-state index contributed by atoms with van der Waals surface area (Å²) in [4.78, 5) is 11.3. The maximum Gasteiger partial charge on any atom is 0.323 e. The van der Waals surface area contributed by atoms with Gasteiger partial charge in [-0.25, -0.2) is 17.6 Å². The lowest BCUT2D eigenvalue weighted by Gasteiger charge is -2.25. The van der Waals surface area contributed by atoms with Crippen molar-refractivity contribution in [2.45, 2.75) is 19.1 Å². The molecule has 1 heterocycles. The zero-order valence-electron chi connectivity index (χ0n) is 9.10. The van der Waals surface area contributed by atoms with Crippen molar-refractivity contribution in [3.05, 3.63) is 34.9 Å². The summed E-state index contributed by atoms with van der Waals surface area (Å²) in [6, 6.07) is -0.00177. The summed E-state index contributed by atoms with van der Waals surface area (Å²) in [5, 5.41) is 2.75. The molecule has 7 heteroatoms. The Morgan fingerprint density at radius 1 is 1.28 bits per heavy atom. The normalized spacial score (nSPS) is 18.3. The van der Waals surface area contributed by atoms with Gasteiger partial charge in [-0.2, -0.15) is 0 Å². The second kappa shape index (κ2) is 4.93. The molecule has 1 fully saturated rings. The van der Waals surface area contributed by atoms with Crippen LogP contribution in [0.2, 0.25) is 0 Å². The number of benzene rings is 1. The standard InChI is InChI=1S/C11H9F4NO2/c12-6-3-5(8(13)10(15)9(6)14)4-18-11(17)7-1-2-16-7/h3,7,16H,1-2,4H2. The van der Waals surface area contributed by atoms with Gasteiger partial charge in [0.25, 0.3) is 0 Å². The van der Waals surface area contributed by atoms with Crippen molar-refractivity contribution in [1.82, 2.24) is 5.32 Å². The molecule has 0 aliphatic carbocycles. The van der Waals surface area contributed by atoms with E-state index in [1.807, 2.05) is 0 Å². The van der Waals surface area contributed by atoms with E-state index in [-0.39, 0.29) is 0 Å². The molecule has 1 aliphatic rings. The number of nitrogens with one attached hydrogen (secondary N) is 1. The van der Waals surface area contributed by atoms with Gasteiger partial charge in [0.2, 0.25) is 0 Å². The molecule has 2 rings (SSSR count). The lowest BCUT2D eigenvalue weighted by Crippen LogP contribution is -2.49. The van der Waals surface area contributed by atoms with Gasteiger partial charge in [0.15, 0.2) is 23.3 Å². The highest BCUT2D eigenvalue weighted by atomic mass is 19.2. The van der Waals surface area contributed by atoms with Crippen LogP contribution in [-0.4, -0.2) is 18.6 Å². The van der Waals surface area contributed by atoms with E-state index < -0.39 is 47.5 Å². The Hall–Kier alpha value is -1.63. The van der Waals surface area contributed by atoms with E-state index in [0.29, 0.717) is 19.0 Å². The molecule has 0 bridgehead atoms. The van der Waals surface area contributed by atoms with Crippen LogP contribution in [0, 0.1) is 23.3 Å². The monoisotopic (exact) mass is 263 g/mol. The van der Waals surface area contributed by atoms with Crippen molar-refractivity contribution in [2.75, 3.05) is 6.54 Å². The summed E-state index contributed by atoms with van der Waals surface area (Å²) >= 11 is 0. The molecule has 18 heavy (non-hydrogen) atoms. The first-order chi connectivity index (χ1) is 8.50. The molecule has 3 nitrogen and oxygen atoms in total. The van der Waals surface area contributed by atoms with Gasteiger partial charge in [0.1, 0.15) is 12.6 Å². The van der Waals surface area contributed by atoms with Crippen LogP contribution in [0.5, 0.6) is 0 Å². The molecular formula is C11H9F4NO2. The molecule has 1 aromatic carbocycles. The third-order valence-corrected chi connectivity index (χ3v) is 2.66. The zero-order valence-corrected chi connectivity index (χ0v) is 9.10. The largest absolute Gasteiger partial charge is 0.460 e. The summed E-state index contributed by atoms with van der Waals surface area (Å²) < 4.78 is 56.2. The number of ether oxygens (including phenoxy) is 1. The van der Waals surface area contributed by atoms with Crippen molar-refractivity contribution < 1.29 is 27.1 Å². The molecule has 0 saturated carbocycles. The minimum absolute atomic E-state index is 0.467. The van der Waals surface area contributed by atoms with Crippen molar-refractivity contribution in [3.63, 3.8) is 0 Å². The molecule has 0 aromatic heterocycles. The molecule has 1 atom stereocenters. The van der Waals surface area contributed by atoms with Gasteiger partial charge in [-0.15, -0.1) is 0 Å². The predicted molar refractivity (Wildman–Crippen MR) is 52.5 cm³/mol. The number of hydrogen-bond donors (Lipinski definition) is 1. The van der Waals surface area contributed by atoms with Crippen LogP contribution in [0.4, 0.5) is 17.6 Å². The quantitative estimate of drug-likeness (QED) is 0.390. The van der Waals surface area contributed by atoms with Gasteiger partial charge in [0, 0.05) is 5.56 Å². The highest BCUT2D eigenvalue weighted by Crippen LogP contribution is 2.19.